The summed E-state index contributed by atoms with van der Waals surface area (Å²) in [5, 5.41) is 0. The van der Waals surface area contributed by atoms with Gasteiger partial charge in [0, 0.05) is 35.7 Å². The number of aryl methyl sites for hydroxylation is 1. The van der Waals surface area contributed by atoms with E-state index in [4.69, 9.17) is 25.1 Å². The van der Waals surface area contributed by atoms with Gasteiger partial charge in [0.1, 0.15) is 19.0 Å². The van der Waals surface area contributed by atoms with Gasteiger partial charge in [-0.05, 0) is 166 Å². The Morgan fingerprint density at radius 1 is 0.809 bits per heavy atom. The van der Waals surface area contributed by atoms with Gasteiger partial charge < -0.3 is 33.0 Å². The lowest BCUT2D eigenvalue weighted by Crippen LogP contribution is -2.67. The van der Waals surface area contributed by atoms with Gasteiger partial charge in [0.25, 0.3) is 8.53 Å². The number of hydrogen-bond acceptors (Lipinski definition) is 9. The molecule has 8 nitrogen and oxygen atoms in total. The summed E-state index contributed by atoms with van der Waals surface area (Å²) in [5.41, 5.74) is -3.92. The molecule has 0 heterocycles. The van der Waals surface area contributed by atoms with Gasteiger partial charge in [-0.3, -0.25) is 0 Å². The van der Waals surface area contributed by atoms with Gasteiger partial charge in [-0.15, -0.1) is 0 Å². The van der Waals surface area contributed by atoms with E-state index in [1.165, 1.54) is 11.1 Å². The molecule has 0 N–H and O–H groups in total. The lowest BCUT2D eigenvalue weighted by atomic mass is 9.55. The van der Waals surface area contributed by atoms with Gasteiger partial charge in [0.15, 0.2) is 0 Å². The maximum Gasteiger partial charge on any atom is 0.435 e. The number of alkyl halides is 9. The molecule has 68 heavy (non-hydrogen) atoms. The van der Waals surface area contributed by atoms with Gasteiger partial charge in [-0.25, -0.2) is 11.2 Å². The number of rotatable bonds is 29. The zero-order valence-corrected chi connectivity index (χ0v) is 43.6. The Labute approximate surface area is 408 Å². The number of fused-ring (bicyclic) bond motifs is 5. The summed E-state index contributed by atoms with van der Waals surface area (Å²) < 4.78 is 150. The lowest BCUT2D eigenvalue weighted by molar-refractivity contribution is -0.457. The molecule has 1 unspecified atom stereocenters. The third-order valence-corrected chi connectivity index (χ3v) is 19.4. The molecule has 6 atom stereocenters. The molecule has 3 aliphatic carbocycles. The predicted molar refractivity (Wildman–Crippen MR) is 255 cm³/mol. The Morgan fingerprint density at radius 3 is 2.12 bits per heavy atom. The Bertz CT molecular complexity index is 1680. The number of unbranched alkanes of at least 4 members (excludes halogenated alkanes) is 3. The molecule has 0 spiro atoms. The van der Waals surface area contributed by atoms with Crippen LogP contribution in [0.4, 0.5) is 39.5 Å². The van der Waals surface area contributed by atoms with Gasteiger partial charge >= 0.3 is 24.1 Å². The first-order valence-electron chi connectivity index (χ1n) is 24.2. The minimum atomic E-state index is -6.74. The van der Waals surface area contributed by atoms with Crippen LogP contribution in [0.25, 0.3) is 4.85 Å². The average Bonchev–Trinajstić information content (AvgIpc) is 3.57. The van der Waals surface area contributed by atoms with E-state index < -0.39 is 45.7 Å². The Kier molecular flexibility index (Phi) is 22.8. The van der Waals surface area contributed by atoms with Crippen LogP contribution >= 0.6 is 30.1 Å². The molecular formula is C48H75F9N3O5PS2. The summed E-state index contributed by atoms with van der Waals surface area (Å²) in [6.45, 7) is 24.4. The summed E-state index contributed by atoms with van der Waals surface area (Å²) >= 11 is 0. The summed E-state index contributed by atoms with van der Waals surface area (Å²) in [6, 6.07) is 7.00. The molecule has 4 rings (SSSR count). The summed E-state index contributed by atoms with van der Waals surface area (Å²) in [5.74, 6) is 2.99. The number of likely N-dealkylation sites (N-methyl/N-ethyl adjacent to an activating group) is 1. The second-order valence-corrected chi connectivity index (χ2v) is 24.5. The van der Waals surface area contributed by atoms with Crippen LogP contribution in [0.2, 0.25) is 0 Å². The smallest absolute Gasteiger partial charge is 0.435 e. The normalized spacial score (nSPS) is 23.0. The van der Waals surface area contributed by atoms with Crippen molar-refractivity contribution in [3.63, 3.8) is 0 Å². The van der Waals surface area contributed by atoms with Crippen molar-refractivity contribution >= 4 is 30.1 Å². The van der Waals surface area contributed by atoms with E-state index in [1.54, 1.807) is 0 Å². The van der Waals surface area contributed by atoms with Crippen LogP contribution < -0.4 is 4.74 Å². The number of ether oxygens (including phenoxy) is 3. The SMILES string of the molecule is [C-]#[N+]CCOP(OCCCCCCSSC(C)(C)CCN(C)CCOc1ccc2c(c1)CC[C@@H]1[C@@H]2CC[C@]2(C)[C@@H](OCCCOC(C(F)(F)F)(C(F)(F)F)C(F)(F)F)CC[C@@H]12)N(C(C)C)C(C)C. The average molecular weight is 1040 g/mol. The van der Waals surface area contributed by atoms with Crippen molar-refractivity contribution in [1.29, 1.82) is 0 Å². The van der Waals surface area contributed by atoms with E-state index >= 15 is 0 Å². The standard InChI is InChI=1S/C48H75F9N3O5PS2/c1-34(2)60(35(3)4)66(65-30-24-58-8)64-29-12-10-11-13-32-67-68-43(5,6)23-25-59(9)26-31-61-37-16-18-38-36(33-37)15-17-40-39(38)21-22-44(7)41(40)19-20-42(44)62-27-14-28-63-45(46(49,50)51,47(52,53)54)48(55,56)57/h16,18,33-35,39-42H,10-15,17,19-32H2,1-7,9H3/t39-,40-,41+,42+,44+,66?/m1/s1. The fourth-order valence-electron chi connectivity index (χ4n) is 10.3. The number of hydrogen-bond donors (Lipinski definition) is 0. The van der Waals surface area contributed by atoms with Crippen LogP contribution in [0.3, 0.4) is 0 Å². The molecule has 0 saturated heterocycles. The zero-order valence-electron chi connectivity index (χ0n) is 41.1. The van der Waals surface area contributed by atoms with Crippen LogP contribution in [0, 0.1) is 23.8 Å². The first kappa shape index (κ1) is 59.3. The van der Waals surface area contributed by atoms with E-state index in [0.717, 1.165) is 88.8 Å². The topological polar surface area (TPSA) is 57.0 Å². The summed E-state index contributed by atoms with van der Waals surface area (Å²) in [7, 11) is 4.86. The molecule has 1 aromatic rings. The van der Waals surface area contributed by atoms with Crippen LogP contribution in [0.15, 0.2) is 18.2 Å². The molecule has 2 saturated carbocycles. The zero-order chi connectivity index (χ0) is 50.6. The predicted octanol–water partition coefficient (Wildman–Crippen LogP) is 14.5. The first-order chi connectivity index (χ1) is 31.8. The Hall–Kier alpha value is -1.23. The van der Waals surface area contributed by atoms with Crippen molar-refractivity contribution in [1.82, 2.24) is 9.57 Å². The van der Waals surface area contributed by atoms with Crippen molar-refractivity contribution < 1.29 is 62.8 Å². The van der Waals surface area contributed by atoms with Crippen molar-refractivity contribution in [2.45, 2.75) is 178 Å². The molecule has 0 bridgehead atoms. The van der Waals surface area contributed by atoms with Gasteiger partial charge in [-0.1, -0.05) is 47.4 Å². The van der Waals surface area contributed by atoms with Crippen LogP contribution in [0.1, 0.15) is 136 Å². The molecular weight excluding hydrogens is 965 g/mol. The molecule has 3 aliphatic rings. The van der Waals surface area contributed by atoms with Crippen molar-refractivity contribution in [3.05, 3.63) is 40.7 Å². The Balaban J connectivity index is 1.12. The van der Waals surface area contributed by atoms with E-state index in [0.29, 0.717) is 62.6 Å². The van der Waals surface area contributed by atoms with E-state index in [1.807, 2.05) is 27.7 Å². The van der Waals surface area contributed by atoms with Crippen molar-refractivity contribution in [2.75, 3.05) is 65.5 Å². The van der Waals surface area contributed by atoms with Gasteiger partial charge in [0.2, 0.25) is 6.54 Å². The highest BCUT2D eigenvalue weighted by Gasteiger charge is 2.85. The monoisotopic (exact) mass is 1040 g/mol. The van der Waals surface area contributed by atoms with Crippen molar-refractivity contribution in [2.24, 2.45) is 17.3 Å². The second kappa shape index (κ2) is 26.1. The minimum absolute atomic E-state index is 0.132. The van der Waals surface area contributed by atoms with Crippen LogP contribution in [0.5, 0.6) is 5.75 Å². The maximum absolute atomic E-state index is 13.2. The largest absolute Gasteiger partial charge is 0.492 e. The molecule has 392 valence electrons. The lowest BCUT2D eigenvalue weighted by Gasteiger charge is -2.50. The minimum Gasteiger partial charge on any atom is -0.492 e. The third-order valence-electron chi connectivity index (χ3n) is 13.8. The van der Waals surface area contributed by atoms with E-state index in [9.17, 15) is 39.5 Å². The maximum atomic E-state index is 13.2. The summed E-state index contributed by atoms with van der Waals surface area (Å²) in [6.07, 6.45) is -10.5. The fraction of sp³-hybridized carbons (Fsp3) is 0.854. The molecule has 0 aromatic heterocycles. The van der Waals surface area contributed by atoms with Gasteiger partial charge in [-0.2, -0.15) is 39.5 Å². The molecule has 0 amide bonds. The van der Waals surface area contributed by atoms with Crippen molar-refractivity contribution in [3.8, 4) is 5.75 Å². The summed E-state index contributed by atoms with van der Waals surface area (Å²) in [4.78, 5) is 5.72. The molecule has 0 aliphatic heterocycles. The third kappa shape index (κ3) is 15.6. The number of benzene rings is 1. The van der Waals surface area contributed by atoms with Gasteiger partial charge in [0.05, 0.1) is 19.3 Å². The number of nitrogens with zero attached hydrogens (tertiary/aromatic N) is 3. The highest BCUT2D eigenvalue weighted by Crippen LogP contribution is 2.62. The van der Waals surface area contributed by atoms with E-state index in [-0.39, 0.29) is 22.9 Å². The highest BCUT2D eigenvalue weighted by atomic mass is 33.1. The second-order valence-electron chi connectivity index (χ2n) is 20.0. The molecule has 2 fully saturated rings. The first-order valence-corrected chi connectivity index (χ1v) is 27.6. The molecule has 1 aromatic carbocycles. The van der Waals surface area contributed by atoms with Crippen LogP contribution in [-0.4, -0.2) is 122 Å². The number of halogens is 9. The van der Waals surface area contributed by atoms with Crippen LogP contribution in [-0.2, 0) is 24.9 Å². The van der Waals surface area contributed by atoms with E-state index in [2.05, 4.69) is 86.8 Å². The molecule has 0 radical (unpaired) electrons. The highest BCUT2D eigenvalue weighted by molar-refractivity contribution is 8.77. The fourth-order valence-corrected chi connectivity index (χ4v) is 14.6. The Morgan fingerprint density at radius 2 is 1.47 bits per heavy atom. The molecule has 20 heteroatoms. The quantitative estimate of drug-likeness (QED) is 0.0257.